The molecule has 0 amide bonds. The minimum atomic E-state index is 0.252. The van der Waals surface area contributed by atoms with Gasteiger partial charge in [-0.2, -0.15) is 0 Å². The van der Waals surface area contributed by atoms with Crippen molar-refractivity contribution in [3.05, 3.63) is 35.7 Å². The van der Waals surface area contributed by atoms with Crippen molar-refractivity contribution < 1.29 is 9.63 Å². The highest BCUT2D eigenvalue weighted by Crippen LogP contribution is 2.28. The molecular weight excluding hydrogens is 178 g/mol. The van der Waals surface area contributed by atoms with Crippen molar-refractivity contribution in [3.8, 4) is 16.9 Å². The van der Waals surface area contributed by atoms with E-state index >= 15 is 0 Å². The maximum Gasteiger partial charge on any atom is 0.141 e. The van der Waals surface area contributed by atoms with Crippen LogP contribution < -0.4 is 0 Å². The molecule has 1 heterocycles. The van der Waals surface area contributed by atoms with E-state index in [1.165, 1.54) is 0 Å². The molecule has 1 aromatic heterocycles. The molecule has 0 fully saturated rings. The second-order valence-electron chi connectivity index (χ2n) is 3.25. The molecule has 3 heteroatoms. The minimum absolute atomic E-state index is 0.252. The van der Waals surface area contributed by atoms with Crippen LogP contribution in [-0.4, -0.2) is 10.3 Å². The number of hydrogen-bond donors (Lipinski definition) is 1. The first-order chi connectivity index (χ1) is 6.68. The lowest BCUT2D eigenvalue weighted by Gasteiger charge is -2.00. The Kier molecular flexibility index (Phi) is 2.00. The van der Waals surface area contributed by atoms with Crippen molar-refractivity contribution in [2.24, 2.45) is 0 Å². The van der Waals surface area contributed by atoms with E-state index in [9.17, 15) is 5.11 Å². The average molecular weight is 189 g/mol. The van der Waals surface area contributed by atoms with Crippen molar-refractivity contribution in [2.45, 2.75) is 13.8 Å². The number of benzene rings is 1. The number of hydrogen-bond acceptors (Lipinski definition) is 3. The second-order valence-corrected chi connectivity index (χ2v) is 3.25. The van der Waals surface area contributed by atoms with Gasteiger partial charge in [0.25, 0.3) is 0 Å². The summed E-state index contributed by atoms with van der Waals surface area (Å²) in [6.45, 7) is 3.75. The van der Waals surface area contributed by atoms with Crippen molar-refractivity contribution >= 4 is 0 Å². The number of rotatable bonds is 1. The molecule has 1 N–H and O–H groups in total. The summed E-state index contributed by atoms with van der Waals surface area (Å²) in [7, 11) is 0. The summed E-state index contributed by atoms with van der Waals surface area (Å²) >= 11 is 0. The molecule has 0 radical (unpaired) electrons. The highest BCUT2D eigenvalue weighted by molar-refractivity contribution is 5.68. The van der Waals surface area contributed by atoms with E-state index in [-0.39, 0.29) is 5.75 Å². The van der Waals surface area contributed by atoms with Crippen LogP contribution in [0.4, 0.5) is 0 Å². The molecule has 1 aromatic carbocycles. The third kappa shape index (κ3) is 1.37. The highest BCUT2D eigenvalue weighted by atomic mass is 16.5. The topological polar surface area (TPSA) is 46.3 Å². The first kappa shape index (κ1) is 8.81. The van der Waals surface area contributed by atoms with E-state index < -0.39 is 0 Å². The van der Waals surface area contributed by atoms with Gasteiger partial charge in [-0.15, -0.1) is 0 Å². The quantitative estimate of drug-likeness (QED) is 0.750. The fraction of sp³-hybridized carbons (Fsp3) is 0.182. The smallest absolute Gasteiger partial charge is 0.141 e. The lowest BCUT2D eigenvalue weighted by Crippen LogP contribution is -1.80. The van der Waals surface area contributed by atoms with Crippen molar-refractivity contribution in [3.63, 3.8) is 0 Å². The van der Waals surface area contributed by atoms with Gasteiger partial charge in [-0.3, -0.25) is 0 Å². The normalized spacial score (nSPS) is 10.4. The summed E-state index contributed by atoms with van der Waals surface area (Å²) in [6, 6.07) is 7.07. The van der Waals surface area contributed by atoms with E-state index in [2.05, 4.69) is 5.16 Å². The third-order valence-electron chi connectivity index (χ3n) is 2.17. The zero-order valence-corrected chi connectivity index (χ0v) is 8.11. The maximum absolute atomic E-state index is 9.34. The first-order valence-electron chi connectivity index (χ1n) is 4.41. The zero-order valence-electron chi connectivity index (χ0n) is 8.11. The molecule has 0 spiro atoms. The minimum Gasteiger partial charge on any atom is -0.508 e. The summed E-state index contributed by atoms with van der Waals surface area (Å²) in [6.07, 6.45) is 0. The molecule has 0 unspecified atom stereocenters. The Hall–Kier alpha value is -1.77. The molecule has 3 nitrogen and oxygen atoms in total. The standard InChI is InChI=1S/C11H11NO2/c1-7-11(8(2)14-12-7)9-4-3-5-10(13)6-9/h3-6,13H,1-2H3. The lowest BCUT2D eigenvalue weighted by atomic mass is 10.0. The lowest BCUT2D eigenvalue weighted by molar-refractivity contribution is 0.393. The van der Waals surface area contributed by atoms with Gasteiger partial charge < -0.3 is 9.63 Å². The Balaban J connectivity index is 2.59. The van der Waals surface area contributed by atoms with Crippen molar-refractivity contribution in [1.82, 2.24) is 5.16 Å². The second kappa shape index (κ2) is 3.18. The monoisotopic (exact) mass is 189 g/mol. The van der Waals surface area contributed by atoms with Crippen LogP contribution in [0.25, 0.3) is 11.1 Å². The number of phenols is 1. The van der Waals surface area contributed by atoms with E-state index in [0.29, 0.717) is 0 Å². The van der Waals surface area contributed by atoms with Gasteiger partial charge in [-0.25, -0.2) is 0 Å². The van der Waals surface area contributed by atoms with E-state index in [1.807, 2.05) is 19.9 Å². The van der Waals surface area contributed by atoms with Crippen LogP contribution in [0.2, 0.25) is 0 Å². The summed E-state index contributed by atoms with van der Waals surface area (Å²) < 4.78 is 5.06. The third-order valence-corrected chi connectivity index (χ3v) is 2.17. The molecule has 0 aliphatic carbocycles. The largest absolute Gasteiger partial charge is 0.508 e. The number of aryl methyl sites for hydroxylation is 2. The molecular formula is C11H11NO2. The van der Waals surface area contributed by atoms with E-state index in [1.54, 1.807) is 18.2 Å². The van der Waals surface area contributed by atoms with Crippen LogP contribution in [0.5, 0.6) is 5.75 Å². The van der Waals surface area contributed by atoms with Crippen LogP contribution in [0.1, 0.15) is 11.5 Å². The Bertz CT molecular complexity index is 441. The van der Waals surface area contributed by atoms with Gasteiger partial charge in [0, 0.05) is 5.56 Å². The molecule has 72 valence electrons. The van der Waals surface area contributed by atoms with Gasteiger partial charge in [0.05, 0.1) is 5.69 Å². The Morgan fingerprint density at radius 2 is 2.07 bits per heavy atom. The molecule has 0 saturated heterocycles. The molecule has 2 aromatic rings. The van der Waals surface area contributed by atoms with Crippen LogP contribution in [0.3, 0.4) is 0 Å². The fourth-order valence-corrected chi connectivity index (χ4v) is 1.56. The van der Waals surface area contributed by atoms with Crippen LogP contribution in [0.15, 0.2) is 28.8 Å². The molecule has 0 bridgehead atoms. The van der Waals surface area contributed by atoms with Gasteiger partial charge >= 0.3 is 0 Å². The van der Waals surface area contributed by atoms with Gasteiger partial charge in [0.15, 0.2) is 0 Å². The van der Waals surface area contributed by atoms with Crippen LogP contribution in [0, 0.1) is 13.8 Å². The number of nitrogens with zero attached hydrogens (tertiary/aromatic N) is 1. The van der Waals surface area contributed by atoms with Crippen molar-refractivity contribution in [1.29, 1.82) is 0 Å². The predicted octanol–water partition coefficient (Wildman–Crippen LogP) is 2.66. The molecule has 2 rings (SSSR count). The number of phenolic OH excluding ortho intramolecular Hbond substituents is 1. The Morgan fingerprint density at radius 1 is 1.29 bits per heavy atom. The Morgan fingerprint density at radius 3 is 2.64 bits per heavy atom. The average Bonchev–Trinajstić information content (AvgIpc) is 2.46. The first-order valence-corrected chi connectivity index (χ1v) is 4.41. The highest BCUT2D eigenvalue weighted by Gasteiger charge is 2.10. The van der Waals surface area contributed by atoms with Crippen molar-refractivity contribution in [2.75, 3.05) is 0 Å². The maximum atomic E-state index is 9.34. The van der Waals surface area contributed by atoms with E-state index in [0.717, 1.165) is 22.6 Å². The molecule has 0 aliphatic rings. The number of aromatic hydroxyl groups is 1. The predicted molar refractivity (Wildman–Crippen MR) is 53.1 cm³/mol. The molecule has 0 atom stereocenters. The Labute approximate surface area is 82.0 Å². The molecule has 0 aliphatic heterocycles. The fourth-order valence-electron chi connectivity index (χ4n) is 1.56. The SMILES string of the molecule is Cc1noc(C)c1-c1cccc(O)c1. The van der Waals surface area contributed by atoms with Gasteiger partial charge in [-0.05, 0) is 31.5 Å². The summed E-state index contributed by atoms with van der Waals surface area (Å²) in [5.74, 6) is 1.02. The van der Waals surface area contributed by atoms with Crippen LogP contribution >= 0.6 is 0 Å². The van der Waals surface area contributed by atoms with E-state index in [4.69, 9.17) is 4.52 Å². The van der Waals surface area contributed by atoms with Gasteiger partial charge in [0.1, 0.15) is 11.5 Å². The molecule has 0 saturated carbocycles. The number of aromatic nitrogens is 1. The summed E-state index contributed by atoms with van der Waals surface area (Å²) in [4.78, 5) is 0. The zero-order chi connectivity index (χ0) is 10.1. The summed E-state index contributed by atoms with van der Waals surface area (Å²) in [5, 5.41) is 13.2. The van der Waals surface area contributed by atoms with Gasteiger partial charge in [0.2, 0.25) is 0 Å². The van der Waals surface area contributed by atoms with Crippen LogP contribution in [-0.2, 0) is 0 Å². The molecule has 14 heavy (non-hydrogen) atoms. The summed E-state index contributed by atoms with van der Waals surface area (Å²) in [5.41, 5.74) is 2.73. The van der Waals surface area contributed by atoms with Gasteiger partial charge in [-0.1, -0.05) is 17.3 Å².